The van der Waals surface area contributed by atoms with Gasteiger partial charge in [-0.05, 0) is 11.6 Å². The molecule has 0 aliphatic heterocycles. The largest absolute Gasteiger partial charge is 0.321 e. The van der Waals surface area contributed by atoms with Crippen molar-refractivity contribution in [3.8, 4) is 0 Å². The normalized spacial score (nSPS) is 32.7. The van der Waals surface area contributed by atoms with Crippen molar-refractivity contribution in [3.05, 3.63) is 34.3 Å². The summed E-state index contributed by atoms with van der Waals surface area (Å²) in [6, 6.07) is 7.76. The van der Waals surface area contributed by atoms with Crippen LogP contribution in [0.5, 0.6) is 0 Å². The highest BCUT2D eigenvalue weighted by Gasteiger charge is 2.43. The first-order valence-electron chi connectivity index (χ1n) is 4.30. The molecule has 2 N–H and O–H groups in total. The van der Waals surface area contributed by atoms with E-state index in [4.69, 9.17) is 5.73 Å². The first kappa shape index (κ1) is 9.16. The molecular weight excluding hydrogens is 233 g/mol. The van der Waals surface area contributed by atoms with E-state index in [0.29, 0.717) is 12.8 Å². The summed E-state index contributed by atoms with van der Waals surface area (Å²) in [4.78, 5) is 0. The van der Waals surface area contributed by atoms with Gasteiger partial charge in [-0.1, -0.05) is 34.1 Å². The third kappa shape index (κ3) is 1.51. The molecule has 1 nitrogen and oxygen atoms in total. The van der Waals surface area contributed by atoms with Crippen LogP contribution in [0, 0.1) is 0 Å². The predicted octanol–water partition coefficient (Wildman–Crippen LogP) is 2.74. The van der Waals surface area contributed by atoms with E-state index in [1.54, 1.807) is 0 Å². The van der Waals surface area contributed by atoms with Crippen molar-refractivity contribution in [1.82, 2.24) is 0 Å². The molecule has 1 aromatic rings. The van der Waals surface area contributed by atoms with E-state index in [2.05, 4.69) is 15.9 Å². The van der Waals surface area contributed by atoms with Gasteiger partial charge in [-0.25, -0.2) is 4.39 Å². The van der Waals surface area contributed by atoms with Crippen LogP contribution < -0.4 is 5.73 Å². The second-order valence-corrected chi connectivity index (χ2v) is 4.50. The number of halogens is 2. The van der Waals surface area contributed by atoms with Crippen molar-refractivity contribution in [1.29, 1.82) is 0 Å². The number of rotatable bonds is 1. The van der Waals surface area contributed by atoms with Gasteiger partial charge in [0.25, 0.3) is 0 Å². The Morgan fingerprint density at radius 2 is 2.00 bits per heavy atom. The smallest absolute Gasteiger partial charge is 0.104 e. The maximum Gasteiger partial charge on any atom is 0.104 e. The van der Waals surface area contributed by atoms with Gasteiger partial charge in [0, 0.05) is 22.9 Å². The van der Waals surface area contributed by atoms with E-state index in [0.717, 1.165) is 10.0 Å². The minimum absolute atomic E-state index is 0.440. The van der Waals surface area contributed by atoms with Crippen molar-refractivity contribution >= 4 is 15.9 Å². The molecule has 0 unspecified atom stereocenters. The van der Waals surface area contributed by atoms with Crippen LogP contribution in [0.3, 0.4) is 0 Å². The van der Waals surface area contributed by atoms with Gasteiger partial charge in [0.15, 0.2) is 0 Å². The third-order valence-electron chi connectivity index (χ3n) is 2.58. The number of nitrogens with two attached hydrogens (primary N) is 1. The fourth-order valence-corrected chi connectivity index (χ4v) is 2.50. The van der Waals surface area contributed by atoms with Gasteiger partial charge in [0.1, 0.15) is 6.17 Å². The lowest BCUT2D eigenvalue weighted by atomic mass is 9.71. The molecule has 0 spiro atoms. The van der Waals surface area contributed by atoms with Gasteiger partial charge in [0.2, 0.25) is 0 Å². The molecule has 70 valence electrons. The molecule has 3 heteroatoms. The average Bonchev–Trinajstić information content (AvgIpc) is 2.02. The molecule has 13 heavy (non-hydrogen) atoms. The van der Waals surface area contributed by atoms with Crippen molar-refractivity contribution in [3.63, 3.8) is 0 Å². The average molecular weight is 244 g/mol. The van der Waals surface area contributed by atoms with Crippen molar-refractivity contribution in [2.45, 2.75) is 24.6 Å². The summed E-state index contributed by atoms with van der Waals surface area (Å²) < 4.78 is 13.7. The molecule has 1 saturated carbocycles. The van der Waals surface area contributed by atoms with Crippen LogP contribution >= 0.6 is 15.9 Å². The number of hydrogen-bond acceptors (Lipinski definition) is 1. The van der Waals surface area contributed by atoms with Gasteiger partial charge in [0.05, 0.1) is 0 Å². The van der Waals surface area contributed by atoms with Crippen molar-refractivity contribution < 1.29 is 4.39 Å². The highest BCUT2D eigenvalue weighted by atomic mass is 79.9. The molecule has 0 heterocycles. The van der Waals surface area contributed by atoms with Crippen LogP contribution in [0.2, 0.25) is 0 Å². The Morgan fingerprint density at radius 3 is 2.54 bits per heavy atom. The lowest BCUT2D eigenvalue weighted by molar-refractivity contribution is 0.0980. The van der Waals surface area contributed by atoms with Crippen LogP contribution in [-0.4, -0.2) is 6.17 Å². The van der Waals surface area contributed by atoms with E-state index in [1.807, 2.05) is 24.3 Å². The van der Waals surface area contributed by atoms with Gasteiger partial charge in [-0.2, -0.15) is 0 Å². The molecule has 0 amide bonds. The van der Waals surface area contributed by atoms with E-state index < -0.39 is 11.7 Å². The van der Waals surface area contributed by atoms with Gasteiger partial charge >= 0.3 is 0 Å². The molecule has 1 aliphatic carbocycles. The molecular formula is C10H11BrFN. The molecule has 0 saturated heterocycles. The Morgan fingerprint density at radius 1 is 1.38 bits per heavy atom. The lowest BCUT2D eigenvalue weighted by Crippen LogP contribution is -2.50. The summed E-state index contributed by atoms with van der Waals surface area (Å²) in [7, 11) is 0. The topological polar surface area (TPSA) is 26.0 Å². The summed E-state index contributed by atoms with van der Waals surface area (Å²) in [5.41, 5.74) is 6.62. The van der Waals surface area contributed by atoms with Gasteiger partial charge in [-0.3, -0.25) is 0 Å². The molecule has 0 atom stereocenters. The SMILES string of the molecule is NC1(c2ccccc2Br)CC(F)C1. The first-order chi connectivity index (χ1) is 6.12. The maximum absolute atomic E-state index is 12.7. The minimum Gasteiger partial charge on any atom is -0.321 e. The second kappa shape index (κ2) is 3.07. The quantitative estimate of drug-likeness (QED) is 0.807. The standard InChI is InChI=1S/C10H11BrFN/c11-9-4-2-1-3-8(9)10(13)5-7(12)6-10/h1-4,7H,5-6,13H2. The van der Waals surface area contributed by atoms with Crippen LogP contribution in [0.15, 0.2) is 28.7 Å². The summed E-state index contributed by atoms with van der Waals surface area (Å²) in [5.74, 6) is 0. The summed E-state index contributed by atoms with van der Waals surface area (Å²) in [6.45, 7) is 0. The van der Waals surface area contributed by atoms with E-state index in [9.17, 15) is 4.39 Å². The molecule has 2 rings (SSSR count). The zero-order valence-electron chi connectivity index (χ0n) is 7.13. The molecule has 0 radical (unpaired) electrons. The summed E-state index contributed by atoms with van der Waals surface area (Å²) in [5, 5.41) is 0. The molecule has 0 aromatic heterocycles. The van der Waals surface area contributed by atoms with E-state index in [-0.39, 0.29) is 0 Å². The van der Waals surface area contributed by atoms with Crippen LogP contribution in [-0.2, 0) is 5.54 Å². The molecule has 1 aliphatic rings. The lowest BCUT2D eigenvalue weighted by Gasteiger charge is -2.41. The Bertz CT molecular complexity index is 320. The Hall–Kier alpha value is -0.410. The van der Waals surface area contributed by atoms with Crippen LogP contribution in [0.1, 0.15) is 18.4 Å². The van der Waals surface area contributed by atoms with Crippen LogP contribution in [0.25, 0.3) is 0 Å². The van der Waals surface area contributed by atoms with E-state index >= 15 is 0 Å². The maximum atomic E-state index is 12.7. The second-order valence-electron chi connectivity index (χ2n) is 3.64. The third-order valence-corrected chi connectivity index (χ3v) is 3.27. The molecule has 1 fully saturated rings. The monoisotopic (exact) mass is 243 g/mol. The van der Waals surface area contributed by atoms with Crippen molar-refractivity contribution in [2.75, 3.05) is 0 Å². The molecule has 0 bridgehead atoms. The zero-order chi connectivity index (χ0) is 9.47. The number of benzene rings is 1. The Labute approximate surface area is 85.3 Å². The fraction of sp³-hybridized carbons (Fsp3) is 0.400. The fourth-order valence-electron chi connectivity index (χ4n) is 1.82. The zero-order valence-corrected chi connectivity index (χ0v) is 8.72. The first-order valence-corrected chi connectivity index (χ1v) is 5.09. The minimum atomic E-state index is -0.725. The van der Waals surface area contributed by atoms with Gasteiger partial charge < -0.3 is 5.73 Å². The highest BCUT2D eigenvalue weighted by Crippen LogP contribution is 2.43. The molecule has 1 aromatic carbocycles. The predicted molar refractivity (Wildman–Crippen MR) is 54.1 cm³/mol. The van der Waals surface area contributed by atoms with Crippen molar-refractivity contribution in [2.24, 2.45) is 5.73 Å². The van der Waals surface area contributed by atoms with Crippen LogP contribution in [0.4, 0.5) is 4.39 Å². The van der Waals surface area contributed by atoms with E-state index in [1.165, 1.54) is 0 Å². The Balaban J connectivity index is 2.31. The highest BCUT2D eigenvalue weighted by molar-refractivity contribution is 9.10. The number of hydrogen-bond donors (Lipinski definition) is 1. The Kier molecular flexibility index (Phi) is 2.16. The summed E-state index contributed by atoms with van der Waals surface area (Å²) >= 11 is 3.42. The summed E-state index contributed by atoms with van der Waals surface area (Å²) in [6.07, 6.45) is 0.155. The number of alkyl halides is 1. The van der Waals surface area contributed by atoms with Gasteiger partial charge in [-0.15, -0.1) is 0 Å².